The van der Waals surface area contributed by atoms with Gasteiger partial charge in [0.1, 0.15) is 5.78 Å². The summed E-state index contributed by atoms with van der Waals surface area (Å²) < 4.78 is 0. The topological polar surface area (TPSA) is 54.4 Å². The average molecular weight is 316 g/mol. The number of carbonyl (C=O) groups excluding carboxylic acids is 2. The van der Waals surface area contributed by atoms with E-state index >= 15 is 0 Å². The average Bonchev–Trinajstić information content (AvgIpc) is 2.52. The van der Waals surface area contributed by atoms with E-state index in [-0.39, 0.29) is 22.4 Å². The highest BCUT2D eigenvalue weighted by Crippen LogP contribution is 2.64. The largest absolute Gasteiger partial charge is 0.504 e. The van der Waals surface area contributed by atoms with Crippen molar-refractivity contribution in [1.82, 2.24) is 0 Å². The van der Waals surface area contributed by atoms with Crippen LogP contribution in [0.3, 0.4) is 0 Å². The minimum absolute atomic E-state index is 0.0251. The number of carbonyl (C=O) groups is 2. The Morgan fingerprint density at radius 3 is 2.43 bits per heavy atom. The van der Waals surface area contributed by atoms with Crippen LogP contribution >= 0.6 is 0 Å². The molecule has 0 aromatic carbocycles. The van der Waals surface area contributed by atoms with E-state index in [9.17, 15) is 14.7 Å². The van der Waals surface area contributed by atoms with Crippen LogP contribution in [0.4, 0.5) is 0 Å². The molecule has 0 spiro atoms. The maximum Gasteiger partial charge on any atom is 0.197 e. The minimum Gasteiger partial charge on any atom is -0.504 e. The van der Waals surface area contributed by atoms with Crippen LogP contribution in [0.1, 0.15) is 71.6 Å². The SMILES string of the molecule is C[C@]12CCC(=O)C(O)=C1CC[C@@H]1[C@@H]2CC[C@]2(C)C(=O)CCC[C@@H]12. The lowest BCUT2D eigenvalue weighted by molar-refractivity contribution is -0.146. The van der Waals surface area contributed by atoms with Crippen LogP contribution in [0, 0.1) is 28.6 Å². The van der Waals surface area contributed by atoms with Crippen molar-refractivity contribution in [2.24, 2.45) is 28.6 Å². The van der Waals surface area contributed by atoms with Gasteiger partial charge in [-0.05, 0) is 73.7 Å². The van der Waals surface area contributed by atoms with Gasteiger partial charge in [-0.3, -0.25) is 9.59 Å². The molecular weight excluding hydrogens is 288 g/mol. The molecule has 4 rings (SSSR count). The van der Waals surface area contributed by atoms with Crippen molar-refractivity contribution in [3.05, 3.63) is 11.3 Å². The predicted molar refractivity (Wildman–Crippen MR) is 87.9 cm³/mol. The van der Waals surface area contributed by atoms with E-state index in [0.29, 0.717) is 30.0 Å². The first-order valence-corrected chi connectivity index (χ1v) is 9.37. The van der Waals surface area contributed by atoms with E-state index in [4.69, 9.17) is 0 Å². The molecule has 0 aliphatic heterocycles. The molecule has 0 bridgehead atoms. The molecule has 3 nitrogen and oxygen atoms in total. The summed E-state index contributed by atoms with van der Waals surface area (Å²) in [6.45, 7) is 4.49. The number of rotatable bonds is 0. The number of hydrogen-bond acceptors (Lipinski definition) is 3. The number of Topliss-reactive ketones (excluding diaryl/α,β-unsaturated/α-hetero) is 2. The smallest absolute Gasteiger partial charge is 0.197 e. The van der Waals surface area contributed by atoms with Gasteiger partial charge in [0.25, 0.3) is 0 Å². The minimum atomic E-state index is -0.108. The monoisotopic (exact) mass is 316 g/mol. The predicted octanol–water partition coefficient (Wildman–Crippen LogP) is 4.36. The van der Waals surface area contributed by atoms with Crippen molar-refractivity contribution in [2.45, 2.75) is 71.6 Å². The third kappa shape index (κ3) is 1.94. The normalized spacial score (nSPS) is 47.0. The van der Waals surface area contributed by atoms with Crippen molar-refractivity contribution in [1.29, 1.82) is 0 Å². The fourth-order valence-electron chi connectivity index (χ4n) is 6.65. The second-order valence-corrected chi connectivity index (χ2v) is 8.85. The van der Waals surface area contributed by atoms with Crippen LogP contribution in [-0.4, -0.2) is 16.7 Å². The summed E-state index contributed by atoms with van der Waals surface area (Å²) in [6.07, 6.45) is 8.31. The summed E-state index contributed by atoms with van der Waals surface area (Å²) in [5, 5.41) is 10.3. The highest BCUT2D eigenvalue weighted by atomic mass is 16.3. The standard InChI is InChI=1S/C20H28O3/c1-19-11-9-16(21)18(23)15(19)7-6-12-13-4-3-5-17(22)20(13,2)10-8-14(12)19/h12-14,23H,3-11H2,1-2H3/t12-,13-,14-,19+,20-/m0/s1. The zero-order chi connectivity index (χ0) is 16.4. The van der Waals surface area contributed by atoms with Gasteiger partial charge < -0.3 is 5.11 Å². The molecule has 3 fully saturated rings. The number of hydrogen-bond donors (Lipinski definition) is 1. The highest BCUT2D eigenvalue weighted by molar-refractivity contribution is 5.95. The molecule has 3 saturated carbocycles. The molecule has 0 saturated heterocycles. The van der Waals surface area contributed by atoms with E-state index < -0.39 is 0 Å². The van der Waals surface area contributed by atoms with Crippen LogP contribution in [0.5, 0.6) is 0 Å². The molecule has 23 heavy (non-hydrogen) atoms. The Labute approximate surface area is 138 Å². The number of aliphatic hydroxyl groups excluding tert-OH is 1. The summed E-state index contributed by atoms with van der Waals surface area (Å²) >= 11 is 0. The summed E-state index contributed by atoms with van der Waals surface area (Å²) in [6, 6.07) is 0. The molecule has 0 heterocycles. The molecule has 5 atom stereocenters. The van der Waals surface area contributed by atoms with E-state index in [0.717, 1.165) is 50.5 Å². The van der Waals surface area contributed by atoms with Gasteiger partial charge in [0.2, 0.25) is 0 Å². The summed E-state index contributed by atoms with van der Waals surface area (Å²) in [4.78, 5) is 24.5. The number of aliphatic hydroxyl groups is 1. The molecule has 0 amide bonds. The van der Waals surface area contributed by atoms with E-state index in [1.807, 2.05) is 0 Å². The zero-order valence-corrected chi connectivity index (χ0v) is 14.4. The quantitative estimate of drug-likeness (QED) is 0.722. The van der Waals surface area contributed by atoms with Crippen molar-refractivity contribution >= 4 is 11.6 Å². The summed E-state index contributed by atoms with van der Waals surface area (Å²) in [5.74, 6) is 2.13. The second kappa shape index (κ2) is 4.94. The van der Waals surface area contributed by atoms with Crippen LogP contribution in [0.2, 0.25) is 0 Å². The lowest BCUT2D eigenvalue weighted by Gasteiger charge is -2.59. The van der Waals surface area contributed by atoms with Gasteiger partial charge in [-0.1, -0.05) is 13.8 Å². The maximum atomic E-state index is 12.6. The molecule has 4 aliphatic rings. The van der Waals surface area contributed by atoms with Crippen molar-refractivity contribution < 1.29 is 14.7 Å². The Hall–Kier alpha value is -1.12. The fraction of sp³-hybridized carbons (Fsp3) is 0.800. The fourth-order valence-corrected chi connectivity index (χ4v) is 6.65. The Kier molecular flexibility index (Phi) is 3.31. The first-order valence-electron chi connectivity index (χ1n) is 9.37. The Morgan fingerprint density at radius 2 is 1.65 bits per heavy atom. The Morgan fingerprint density at radius 1 is 0.913 bits per heavy atom. The van der Waals surface area contributed by atoms with E-state index in [2.05, 4.69) is 13.8 Å². The zero-order valence-electron chi connectivity index (χ0n) is 14.4. The molecule has 3 heteroatoms. The van der Waals surface area contributed by atoms with Gasteiger partial charge in [0.05, 0.1) is 0 Å². The highest BCUT2D eigenvalue weighted by Gasteiger charge is 2.58. The van der Waals surface area contributed by atoms with Gasteiger partial charge in [0.15, 0.2) is 11.5 Å². The van der Waals surface area contributed by atoms with Crippen LogP contribution in [-0.2, 0) is 9.59 Å². The van der Waals surface area contributed by atoms with Gasteiger partial charge >= 0.3 is 0 Å². The van der Waals surface area contributed by atoms with Crippen molar-refractivity contribution in [2.75, 3.05) is 0 Å². The van der Waals surface area contributed by atoms with Crippen LogP contribution in [0.25, 0.3) is 0 Å². The number of fused-ring (bicyclic) bond motifs is 5. The summed E-state index contributed by atoms with van der Waals surface area (Å²) in [5.41, 5.74) is 0.896. The van der Waals surface area contributed by atoms with Crippen molar-refractivity contribution in [3.63, 3.8) is 0 Å². The molecular formula is C20H28O3. The molecule has 0 aromatic heterocycles. The molecule has 0 unspecified atom stereocenters. The molecule has 0 aromatic rings. The lowest BCUT2D eigenvalue weighted by Crippen LogP contribution is -2.54. The van der Waals surface area contributed by atoms with Crippen LogP contribution in [0.15, 0.2) is 11.3 Å². The number of ketones is 2. The van der Waals surface area contributed by atoms with E-state index in [1.54, 1.807) is 0 Å². The third-order valence-electron chi connectivity index (χ3n) is 8.04. The first kappa shape index (κ1) is 15.4. The number of allylic oxidation sites excluding steroid dienone is 2. The van der Waals surface area contributed by atoms with E-state index in [1.165, 1.54) is 6.42 Å². The maximum absolute atomic E-state index is 12.6. The van der Waals surface area contributed by atoms with Gasteiger partial charge in [-0.2, -0.15) is 0 Å². The lowest BCUT2D eigenvalue weighted by atomic mass is 9.44. The molecule has 126 valence electrons. The Bertz CT molecular complexity index is 604. The summed E-state index contributed by atoms with van der Waals surface area (Å²) in [7, 11) is 0. The van der Waals surface area contributed by atoms with Gasteiger partial charge in [-0.25, -0.2) is 0 Å². The molecule has 4 aliphatic carbocycles. The molecule has 0 radical (unpaired) electrons. The van der Waals surface area contributed by atoms with Gasteiger partial charge in [0, 0.05) is 18.3 Å². The Balaban J connectivity index is 1.72. The molecule has 1 N–H and O–H groups in total. The van der Waals surface area contributed by atoms with Crippen molar-refractivity contribution in [3.8, 4) is 0 Å². The third-order valence-corrected chi connectivity index (χ3v) is 8.04. The second-order valence-electron chi connectivity index (χ2n) is 8.85. The van der Waals surface area contributed by atoms with Gasteiger partial charge in [-0.15, -0.1) is 0 Å². The first-order chi connectivity index (χ1) is 10.9. The van der Waals surface area contributed by atoms with Crippen LogP contribution < -0.4 is 0 Å².